The Kier molecular flexibility index (Phi) is 6.77. The van der Waals surface area contributed by atoms with Gasteiger partial charge in [-0.2, -0.15) is 0 Å². The van der Waals surface area contributed by atoms with E-state index in [-0.39, 0.29) is 6.04 Å². The first-order chi connectivity index (χ1) is 14.3. The molecule has 1 heterocycles. The fourth-order valence-electron chi connectivity index (χ4n) is 3.80. The maximum Gasteiger partial charge on any atom is 0.313 e. The maximum absolute atomic E-state index is 12.4. The fourth-order valence-corrected chi connectivity index (χ4v) is 3.80. The van der Waals surface area contributed by atoms with E-state index in [2.05, 4.69) is 59.5 Å². The Bertz CT molecular complexity index is 906. The Balaban J connectivity index is 1.60. The van der Waals surface area contributed by atoms with Crippen LogP contribution in [-0.4, -0.2) is 50.9 Å². The van der Waals surface area contributed by atoms with E-state index in [0.717, 1.165) is 18.5 Å². The third-order valence-corrected chi connectivity index (χ3v) is 5.74. The van der Waals surface area contributed by atoms with Gasteiger partial charge in [0.1, 0.15) is 0 Å². The predicted molar refractivity (Wildman–Crippen MR) is 122 cm³/mol. The van der Waals surface area contributed by atoms with Crippen molar-refractivity contribution in [2.24, 2.45) is 0 Å². The smallest absolute Gasteiger partial charge is 0.313 e. The molecule has 2 aromatic rings. The SMILES string of the molecule is CC(C)c1ccc(NC(=O)C(=O)NCC(c2ccc3c(c2)CCN3C)N(C)C)cc1. The molecule has 2 amide bonds. The van der Waals surface area contributed by atoms with Gasteiger partial charge in [-0.3, -0.25) is 9.59 Å². The minimum Gasteiger partial charge on any atom is -0.374 e. The molecule has 0 fully saturated rings. The van der Waals surface area contributed by atoms with Crippen LogP contribution in [0.3, 0.4) is 0 Å². The lowest BCUT2D eigenvalue weighted by atomic mass is 10.0. The number of hydrogen-bond acceptors (Lipinski definition) is 4. The van der Waals surface area contributed by atoms with Gasteiger partial charge in [0.2, 0.25) is 0 Å². The van der Waals surface area contributed by atoms with Gasteiger partial charge in [0.15, 0.2) is 0 Å². The molecule has 2 N–H and O–H groups in total. The summed E-state index contributed by atoms with van der Waals surface area (Å²) in [4.78, 5) is 29.0. The van der Waals surface area contributed by atoms with E-state index in [0.29, 0.717) is 18.2 Å². The number of carbonyl (C=O) groups excluding carboxylic acids is 2. The van der Waals surface area contributed by atoms with E-state index in [1.54, 1.807) is 0 Å². The van der Waals surface area contributed by atoms with Crippen LogP contribution in [0, 0.1) is 0 Å². The van der Waals surface area contributed by atoms with Gasteiger partial charge < -0.3 is 20.4 Å². The molecule has 6 heteroatoms. The lowest BCUT2D eigenvalue weighted by Crippen LogP contribution is -2.40. The minimum absolute atomic E-state index is 0.0109. The molecule has 6 nitrogen and oxygen atoms in total. The largest absolute Gasteiger partial charge is 0.374 e. The van der Waals surface area contributed by atoms with Crippen LogP contribution in [0.5, 0.6) is 0 Å². The molecule has 0 aromatic heterocycles. The van der Waals surface area contributed by atoms with E-state index >= 15 is 0 Å². The van der Waals surface area contributed by atoms with Crippen LogP contribution in [0.25, 0.3) is 0 Å². The molecule has 3 rings (SSSR count). The number of rotatable bonds is 6. The number of likely N-dealkylation sites (N-methyl/N-ethyl adjacent to an activating group) is 2. The summed E-state index contributed by atoms with van der Waals surface area (Å²) in [5, 5.41) is 5.45. The summed E-state index contributed by atoms with van der Waals surface area (Å²) >= 11 is 0. The summed E-state index contributed by atoms with van der Waals surface area (Å²) in [5.41, 5.74) is 5.54. The number of fused-ring (bicyclic) bond motifs is 1. The van der Waals surface area contributed by atoms with Crippen LogP contribution in [0.2, 0.25) is 0 Å². The van der Waals surface area contributed by atoms with E-state index in [1.165, 1.54) is 16.8 Å². The Hall–Kier alpha value is -2.86. The summed E-state index contributed by atoms with van der Waals surface area (Å²) in [7, 11) is 6.06. The number of amides is 2. The zero-order valence-electron chi connectivity index (χ0n) is 18.5. The molecule has 1 aliphatic rings. The number of benzene rings is 2. The molecule has 1 unspecified atom stereocenters. The number of carbonyl (C=O) groups is 2. The van der Waals surface area contributed by atoms with Crippen LogP contribution < -0.4 is 15.5 Å². The zero-order valence-corrected chi connectivity index (χ0v) is 18.5. The van der Waals surface area contributed by atoms with Gasteiger partial charge in [-0.15, -0.1) is 0 Å². The highest BCUT2D eigenvalue weighted by atomic mass is 16.2. The van der Waals surface area contributed by atoms with E-state index in [9.17, 15) is 9.59 Å². The summed E-state index contributed by atoms with van der Waals surface area (Å²) < 4.78 is 0. The monoisotopic (exact) mass is 408 g/mol. The van der Waals surface area contributed by atoms with Crippen molar-refractivity contribution in [1.29, 1.82) is 0 Å². The van der Waals surface area contributed by atoms with Gasteiger partial charge in [-0.05, 0) is 61.3 Å². The molecule has 0 bridgehead atoms. The van der Waals surface area contributed by atoms with Gasteiger partial charge in [0.05, 0.1) is 6.04 Å². The fraction of sp³-hybridized carbons (Fsp3) is 0.417. The lowest BCUT2D eigenvalue weighted by molar-refractivity contribution is -0.136. The van der Waals surface area contributed by atoms with Crippen LogP contribution >= 0.6 is 0 Å². The molecule has 30 heavy (non-hydrogen) atoms. The van der Waals surface area contributed by atoms with E-state index in [4.69, 9.17) is 0 Å². The summed E-state index contributed by atoms with van der Waals surface area (Å²) in [6.07, 6.45) is 1.03. The maximum atomic E-state index is 12.4. The van der Waals surface area contributed by atoms with Crippen molar-refractivity contribution < 1.29 is 9.59 Å². The normalized spacial score (nSPS) is 14.0. The highest BCUT2D eigenvalue weighted by molar-refractivity contribution is 6.39. The molecular formula is C24H32N4O2. The van der Waals surface area contributed by atoms with Gasteiger partial charge in [-0.1, -0.05) is 38.1 Å². The van der Waals surface area contributed by atoms with Gasteiger partial charge in [-0.25, -0.2) is 0 Å². The number of hydrogen-bond donors (Lipinski definition) is 2. The highest BCUT2D eigenvalue weighted by Gasteiger charge is 2.22. The molecule has 0 saturated carbocycles. The second kappa shape index (κ2) is 9.30. The summed E-state index contributed by atoms with van der Waals surface area (Å²) in [5.74, 6) is -0.864. The van der Waals surface area contributed by atoms with Crippen LogP contribution in [-0.2, 0) is 16.0 Å². The number of nitrogens with one attached hydrogen (secondary N) is 2. The van der Waals surface area contributed by atoms with E-state index < -0.39 is 11.8 Å². The Morgan fingerprint density at radius 3 is 2.33 bits per heavy atom. The molecule has 2 aromatic carbocycles. The molecule has 160 valence electrons. The standard InChI is InChI=1S/C24H32N4O2/c1-16(2)17-6-9-20(10-7-17)26-24(30)23(29)25-15-22(27(3)4)18-8-11-21-19(14-18)12-13-28(21)5/h6-11,14,16,22H,12-13,15H2,1-5H3,(H,25,29)(H,26,30). The van der Waals surface area contributed by atoms with Crippen molar-refractivity contribution in [3.05, 3.63) is 59.2 Å². The van der Waals surface area contributed by atoms with Crippen molar-refractivity contribution in [3.63, 3.8) is 0 Å². The minimum atomic E-state index is -0.652. The third kappa shape index (κ3) is 5.00. The average molecular weight is 409 g/mol. The van der Waals surface area contributed by atoms with Crippen LogP contribution in [0.15, 0.2) is 42.5 Å². The van der Waals surface area contributed by atoms with Gasteiger partial charge in [0, 0.05) is 31.5 Å². The Labute approximate surface area is 179 Å². The van der Waals surface area contributed by atoms with Crippen molar-refractivity contribution >= 4 is 23.2 Å². The summed E-state index contributed by atoms with van der Waals surface area (Å²) in [6, 6.07) is 14.0. The zero-order chi connectivity index (χ0) is 21.8. The second-order valence-corrected chi connectivity index (χ2v) is 8.48. The molecule has 0 spiro atoms. The van der Waals surface area contributed by atoms with Gasteiger partial charge >= 0.3 is 11.8 Å². The predicted octanol–water partition coefficient (Wildman–Crippen LogP) is 3.16. The van der Waals surface area contributed by atoms with Gasteiger partial charge in [0.25, 0.3) is 0 Å². The molecular weight excluding hydrogens is 376 g/mol. The lowest BCUT2D eigenvalue weighted by Gasteiger charge is -2.26. The van der Waals surface area contributed by atoms with Crippen LogP contribution in [0.4, 0.5) is 11.4 Å². The first-order valence-corrected chi connectivity index (χ1v) is 10.5. The van der Waals surface area contributed by atoms with Crippen molar-refractivity contribution in [3.8, 4) is 0 Å². The van der Waals surface area contributed by atoms with Crippen molar-refractivity contribution in [2.75, 3.05) is 44.4 Å². The first kappa shape index (κ1) is 21.8. The second-order valence-electron chi connectivity index (χ2n) is 8.48. The highest BCUT2D eigenvalue weighted by Crippen LogP contribution is 2.30. The Morgan fingerprint density at radius 2 is 1.70 bits per heavy atom. The summed E-state index contributed by atoms with van der Waals surface area (Å²) in [6.45, 7) is 5.61. The topological polar surface area (TPSA) is 64.7 Å². The molecule has 1 atom stereocenters. The van der Waals surface area contributed by atoms with Crippen molar-refractivity contribution in [1.82, 2.24) is 10.2 Å². The van der Waals surface area contributed by atoms with Crippen LogP contribution in [0.1, 0.15) is 42.5 Å². The number of nitrogens with zero attached hydrogens (tertiary/aromatic N) is 2. The average Bonchev–Trinajstić information content (AvgIpc) is 3.08. The Morgan fingerprint density at radius 1 is 1.03 bits per heavy atom. The molecule has 1 aliphatic heterocycles. The quantitative estimate of drug-likeness (QED) is 0.721. The molecule has 0 radical (unpaired) electrons. The first-order valence-electron chi connectivity index (χ1n) is 10.5. The third-order valence-electron chi connectivity index (χ3n) is 5.74. The molecule has 0 saturated heterocycles. The number of anilines is 2. The van der Waals surface area contributed by atoms with Crippen molar-refractivity contribution in [2.45, 2.75) is 32.2 Å². The molecule has 0 aliphatic carbocycles. The van der Waals surface area contributed by atoms with E-state index in [1.807, 2.05) is 38.4 Å².